The normalized spacial score (nSPS) is 11.6. The quantitative estimate of drug-likeness (QED) is 0.446. The summed E-state index contributed by atoms with van der Waals surface area (Å²) in [6.07, 6.45) is 0. The second-order valence-corrected chi connectivity index (χ2v) is 8.90. The Morgan fingerprint density at radius 2 is 1.65 bits per heavy atom. The number of oxazole rings is 1. The van der Waals surface area contributed by atoms with Gasteiger partial charge in [0, 0.05) is 18.7 Å². The van der Waals surface area contributed by atoms with E-state index in [4.69, 9.17) is 9.15 Å². The molecule has 0 bridgehead atoms. The van der Waals surface area contributed by atoms with Gasteiger partial charge in [-0.05, 0) is 63.4 Å². The Morgan fingerprint density at radius 3 is 2.21 bits per heavy atom. The number of aryl methyl sites for hydroxylation is 3. The summed E-state index contributed by atoms with van der Waals surface area (Å²) in [7, 11) is 0. The number of ether oxygens (including phenoxy) is 1. The van der Waals surface area contributed by atoms with Crippen LogP contribution in [0.1, 0.15) is 42.0 Å². The van der Waals surface area contributed by atoms with Crippen LogP contribution in [0.3, 0.4) is 0 Å². The number of hydrogen-bond acceptors (Lipinski definition) is 6. The Hall–Kier alpha value is -3.65. The van der Waals surface area contributed by atoms with Crippen LogP contribution in [0.4, 0.5) is 0 Å². The van der Waals surface area contributed by atoms with Crippen molar-refractivity contribution in [3.8, 4) is 17.2 Å². The van der Waals surface area contributed by atoms with Gasteiger partial charge in [0.2, 0.25) is 5.89 Å². The van der Waals surface area contributed by atoms with Gasteiger partial charge in [-0.1, -0.05) is 30.3 Å². The lowest BCUT2D eigenvalue weighted by molar-refractivity contribution is -0.152. The molecule has 0 unspecified atom stereocenters. The van der Waals surface area contributed by atoms with E-state index in [2.05, 4.69) is 4.98 Å². The van der Waals surface area contributed by atoms with Gasteiger partial charge in [-0.25, -0.2) is 9.78 Å². The second-order valence-electron chi connectivity index (χ2n) is 8.90. The Morgan fingerprint density at radius 1 is 1.03 bits per heavy atom. The molecule has 8 nitrogen and oxygen atoms in total. The predicted octanol–water partition coefficient (Wildman–Crippen LogP) is 4.60. The largest absolute Gasteiger partial charge is 0.480 e. The highest BCUT2D eigenvalue weighted by Crippen LogP contribution is 2.30. The summed E-state index contributed by atoms with van der Waals surface area (Å²) in [5.41, 5.74) is 2.62. The van der Waals surface area contributed by atoms with E-state index in [9.17, 15) is 19.8 Å². The lowest BCUT2D eigenvalue weighted by Gasteiger charge is -2.25. The van der Waals surface area contributed by atoms with Gasteiger partial charge >= 0.3 is 11.9 Å². The van der Waals surface area contributed by atoms with Crippen LogP contribution in [0.5, 0.6) is 5.75 Å². The van der Waals surface area contributed by atoms with E-state index in [0.29, 0.717) is 36.2 Å². The van der Waals surface area contributed by atoms with Crippen molar-refractivity contribution < 1.29 is 29.0 Å². The van der Waals surface area contributed by atoms with E-state index in [1.165, 1.54) is 13.8 Å². The molecule has 180 valence electrons. The summed E-state index contributed by atoms with van der Waals surface area (Å²) in [5.74, 6) is -0.346. The van der Waals surface area contributed by atoms with Crippen molar-refractivity contribution >= 4 is 11.9 Å². The van der Waals surface area contributed by atoms with E-state index >= 15 is 0 Å². The maximum atomic E-state index is 11.5. The molecule has 0 aliphatic carbocycles. The topological polar surface area (TPSA) is 113 Å². The molecule has 0 fully saturated rings. The predicted molar refractivity (Wildman–Crippen MR) is 127 cm³/mol. The number of aliphatic carboxylic acids is 2. The SMILES string of the molecule is Cc1cc(CN(CC(=O)O)Cc2nc(-c3ccccc3)oc2C)cc(C)c1OC(C)(C)C(=O)O. The molecule has 0 atom stereocenters. The minimum atomic E-state index is -1.37. The van der Waals surface area contributed by atoms with E-state index in [0.717, 1.165) is 22.3 Å². The molecule has 0 aliphatic rings. The highest BCUT2D eigenvalue weighted by molar-refractivity contribution is 5.77. The third kappa shape index (κ3) is 6.02. The standard InChI is InChI=1S/C26H30N2O6/c1-16-11-19(12-17(2)23(16)34-26(4,5)25(31)32)13-28(15-22(29)30)14-21-18(3)33-24(27-21)20-9-7-6-8-10-20/h6-12H,13-15H2,1-5H3,(H,29,30)(H,31,32). The monoisotopic (exact) mass is 466 g/mol. The van der Waals surface area contributed by atoms with Gasteiger partial charge in [0.25, 0.3) is 0 Å². The fraction of sp³-hybridized carbons (Fsp3) is 0.346. The summed E-state index contributed by atoms with van der Waals surface area (Å²) in [6.45, 7) is 9.01. The zero-order valence-corrected chi connectivity index (χ0v) is 20.1. The zero-order chi connectivity index (χ0) is 25.0. The van der Waals surface area contributed by atoms with Crippen molar-refractivity contribution in [2.24, 2.45) is 0 Å². The highest BCUT2D eigenvalue weighted by Gasteiger charge is 2.30. The third-order valence-corrected chi connectivity index (χ3v) is 5.44. The van der Waals surface area contributed by atoms with Gasteiger partial charge in [-0.3, -0.25) is 9.69 Å². The highest BCUT2D eigenvalue weighted by atomic mass is 16.5. The molecule has 0 saturated carbocycles. The van der Waals surface area contributed by atoms with Gasteiger partial charge < -0.3 is 19.4 Å². The average molecular weight is 467 g/mol. The van der Waals surface area contributed by atoms with Crippen molar-refractivity contribution in [2.75, 3.05) is 6.54 Å². The van der Waals surface area contributed by atoms with Crippen LogP contribution in [-0.4, -0.2) is 44.2 Å². The van der Waals surface area contributed by atoms with Crippen LogP contribution < -0.4 is 4.74 Å². The van der Waals surface area contributed by atoms with Crippen molar-refractivity contribution in [3.63, 3.8) is 0 Å². The van der Waals surface area contributed by atoms with Gasteiger partial charge in [0.05, 0.1) is 12.2 Å². The number of rotatable bonds is 10. The third-order valence-electron chi connectivity index (χ3n) is 5.44. The molecule has 0 radical (unpaired) electrons. The molecule has 1 heterocycles. The maximum Gasteiger partial charge on any atom is 0.347 e. The van der Waals surface area contributed by atoms with Crippen molar-refractivity contribution in [2.45, 2.75) is 53.3 Å². The molecule has 3 aromatic rings. The number of hydrogen-bond donors (Lipinski definition) is 2. The van der Waals surface area contributed by atoms with Crippen molar-refractivity contribution in [1.82, 2.24) is 9.88 Å². The Kier molecular flexibility index (Phi) is 7.41. The molecule has 0 saturated heterocycles. The van der Waals surface area contributed by atoms with Crippen molar-refractivity contribution in [3.05, 3.63) is 70.6 Å². The second kappa shape index (κ2) is 10.1. The van der Waals surface area contributed by atoms with Gasteiger partial charge in [-0.15, -0.1) is 0 Å². The number of nitrogens with zero attached hydrogens (tertiary/aromatic N) is 2. The summed E-state index contributed by atoms with van der Waals surface area (Å²) in [6, 6.07) is 13.3. The Balaban J connectivity index is 1.83. The van der Waals surface area contributed by atoms with Crippen LogP contribution >= 0.6 is 0 Å². The summed E-state index contributed by atoms with van der Waals surface area (Å²) < 4.78 is 11.6. The molecule has 0 aliphatic heterocycles. The lowest BCUT2D eigenvalue weighted by Crippen LogP contribution is -2.38. The fourth-order valence-electron chi connectivity index (χ4n) is 3.70. The maximum absolute atomic E-state index is 11.5. The first kappa shape index (κ1) is 25.0. The van der Waals surface area contributed by atoms with Crippen LogP contribution in [-0.2, 0) is 22.7 Å². The average Bonchev–Trinajstić information content (AvgIpc) is 3.11. The number of carbonyl (C=O) groups is 2. The lowest BCUT2D eigenvalue weighted by atomic mass is 10.0. The van der Waals surface area contributed by atoms with Crippen LogP contribution in [0.2, 0.25) is 0 Å². The Labute approximate surface area is 198 Å². The number of aromatic nitrogens is 1. The summed E-state index contributed by atoms with van der Waals surface area (Å²) in [5, 5.41) is 18.8. The zero-order valence-electron chi connectivity index (χ0n) is 20.1. The first-order valence-electron chi connectivity index (χ1n) is 10.9. The number of benzene rings is 2. The van der Waals surface area contributed by atoms with E-state index < -0.39 is 17.5 Å². The molecule has 3 rings (SSSR count). The fourth-order valence-corrected chi connectivity index (χ4v) is 3.70. The first-order chi connectivity index (χ1) is 16.0. The minimum absolute atomic E-state index is 0.171. The molecular weight excluding hydrogens is 436 g/mol. The van der Waals surface area contributed by atoms with E-state index in [1.54, 1.807) is 4.90 Å². The van der Waals surface area contributed by atoms with Gasteiger partial charge in [0.1, 0.15) is 11.5 Å². The van der Waals surface area contributed by atoms with Crippen molar-refractivity contribution in [1.29, 1.82) is 0 Å². The van der Waals surface area contributed by atoms with E-state index in [1.807, 2.05) is 63.2 Å². The molecule has 2 N–H and O–H groups in total. The molecule has 0 spiro atoms. The molecule has 34 heavy (non-hydrogen) atoms. The molecule has 0 amide bonds. The number of carboxylic acids is 2. The molecule has 8 heteroatoms. The molecule has 2 aromatic carbocycles. The smallest absolute Gasteiger partial charge is 0.347 e. The minimum Gasteiger partial charge on any atom is -0.480 e. The van der Waals surface area contributed by atoms with Gasteiger partial charge in [-0.2, -0.15) is 0 Å². The summed E-state index contributed by atoms with van der Waals surface area (Å²) in [4.78, 5) is 29.4. The van der Waals surface area contributed by atoms with Crippen LogP contribution in [0.15, 0.2) is 46.9 Å². The van der Waals surface area contributed by atoms with E-state index in [-0.39, 0.29) is 6.54 Å². The van der Waals surface area contributed by atoms with Crippen LogP contribution in [0, 0.1) is 20.8 Å². The Bertz CT molecular complexity index is 1160. The number of carboxylic acid groups (broad SMARTS) is 2. The summed E-state index contributed by atoms with van der Waals surface area (Å²) >= 11 is 0. The van der Waals surface area contributed by atoms with Gasteiger partial charge in [0.15, 0.2) is 5.60 Å². The first-order valence-corrected chi connectivity index (χ1v) is 10.9. The molecule has 1 aromatic heterocycles. The van der Waals surface area contributed by atoms with Crippen LogP contribution in [0.25, 0.3) is 11.5 Å². The molecular formula is C26H30N2O6.